The Labute approximate surface area is 117 Å². The monoisotopic (exact) mass is 274 g/mol. The average Bonchev–Trinajstić information content (AvgIpc) is 2.94. The third-order valence-electron chi connectivity index (χ3n) is 3.60. The van der Waals surface area contributed by atoms with Crippen molar-refractivity contribution in [1.82, 2.24) is 9.88 Å². The second-order valence-electron chi connectivity index (χ2n) is 4.94. The highest BCUT2D eigenvalue weighted by Crippen LogP contribution is 2.29. The molecule has 0 unspecified atom stereocenters. The average molecular weight is 274 g/mol. The smallest absolute Gasteiger partial charge is 0.0811 e. The van der Waals surface area contributed by atoms with Crippen molar-refractivity contribution in [1.29, 1.82) is 0 Å². The lowest BCUT2D eigenvalue weighted by Gasteiger charge is -2.34. The minimum absolute atomic E-state index is 0.843. The van der Waals surface area contributed by atoms with Crippen LogP contribution in [0.15, 0.2) is 29.1 Å². The molecule has 1 aliphatic rings. The third-order valence-corrected chi connectivity index (χ3v) is 4.19. The summed E-state index contributed by atoms with van der Waals surface area (Å²) in [6.07, 6.45) is 0. The summed E-state index contributed by atoms with van der Waals surface area (Å²) in [6.45, 7) is 4.26. The number of nitrogen functional groups attached to an aromatic ring is 1. The number of thiazole rings is 1. The van der Waals surface area contributed by atoms with Crippen LogP contribution in [0.25, 0.3) is 11.3 Å². The maximum atomic E-state index is 6.21. The van der Waals surface area contributed by atoms with E-state index in [0.717, 1.165) is 48.8 Å². The Kier molecular flexibility index (Phi) is 3.40. The van der Waals surface area contributed by atoms with Gasteiger partial charge in [-0.3, -0.25) is 0 Å². The summed E-state index contributed by atoms with van der Waals surface area (Å²) in [5, 5.41) is 2.05. The van der Waals surface area contributed by atoms with Crippen LogP contribution in [0, 0.1) is 0 Å². The number of hydrogen-bond acceptors (Lipinski definition) is 5. The van der Waals surface area contributed by atoms with Crippen molar-refractivity contribution in [3.05, 3.63) is 29.1 Å². The predicted octanol–water partition coefficient (Wildman–Crippen LogP) is 2.14. The quantitative estimate of drug-likeness (QED) is 0.852. The molecule has 2 heterocycles. The zero-order valence-corrected chi connectivity index (χ0v) is 11.9. The van der Waals surface area contributed by atoms with Gasteiger partial charge in [-0.1, -0.05) is 6.07 Å². The van der Waals surface area contributed by atoms with Crippen molar-refractivity contribution < 1.29 is 0 Å². The third kappa shape index (κ3) is 2.57. The standard InChI is InChI=1S/C14H18N4S/c1-17-4-6-18(7-5-17)14-3-2-11(8-12(14)15)13-9-19-10-16-13/h2-3,8-10H,4-7,15H2,1H3. The summed E-state index contributed by atoms with van der Waals surface area (Å²) in [6, 6.07) is 6.26. The van der Waals surface area contributed by atoms with E-state index < -0.39 is 0 Å². The van der Waals surface area contributed by atoms with Crippen LogP contribution < -0.4 is 10.6 Å². The number of nitrogens with zero attached hydrogens (tertiary/aromatic N) is 3. The number of aromatic nitrogens is 1. The largest absolute Gasteiger partial charge is 0.397 e. The molecular weight excluding hydrogens is 256 g/mol. The first-order valence-corrected chi connectivity index (χ1v) is 7.40. The van der Waals surface area contributed by atoms with Gasteiger partial charge in [0.05, 0.1) is 22.6 Å². The van der Waals surface area contributed by atoms with Gasteiger partial charge < -0.3 is 15.5 Å². The number of hydrogen-bond donors (Lipinski definition) is 1. The molecule has 1 saturated heterocycles. The van der Waals surface area contributed by atoms with Crippen LogP contribution in [-0.4, -0.2) is 43.1 Å². The Bertz CT molecular complexity index is 545. The van der Waals surface area contributed by atoms with Crippen molar-refractivity contribution in [2.75, 3.05) is 43.9 Å². The van der Waals surface area contributed by atoms with Crippen molar-refractivity contribution >= 4 is 22.7 Å². The lowest BCUT2D eigenvalue weighted by atomic mass is 10.1. The van der Waals surface area contributed by atoms with Crippen molar-refractivity contribution in [2.45, 2.75) is 0 Å². The fraction of sp³-hybridized carbons (Fsp3) is 0.357. The lowest BCUT2D eigenvalue weighted by Crippen LogP contribution is -2.44. The van der Waals surface area contributed by atoms with E-state index in [1.54, 1.807) is 11.3 Å². The molecule has 1 fully saturated rings. The normalized spacial score (nSPS) is 16.8. The van der Waals surface area contributed by atoms with Gasteiger partial charge in [0.2, 0.25) is 0 Å². The van der Waals surface area contributed by atoms with Gasteiger partial charge in [-0.15, -0.1) is 11.3 Å². The van der Waals surface area contributed by atoms with E-state index in [0.29, 0.717) is 0 Å². The summed E-state index contributed by atoms with van der Waals surface area (Å²) in [5.41, 5.74) is 12.1. The van der Waals surface area contributed by atoms with Crippen LogP contribution in [0.2, 0.25) is 0 Å². The van der Waals surface area contributed by atoms with Crippen molar-refractivity contribution in [3.63, 3.8) is 0 Å². The van der Waals surface area contributed by atoms with Crippen LogP contribution in [0.3, 0.4) is 0 Å². The molecule has 100 valence electrons. The first-order valence-electron chi connectivity index (χ1n) is 6.45. The molecule has 0 saturated carbocycles. The molecule has 0 bridgehead atoms. The summed E-state index contributed by atoms with van der Waals surface area (Å²) in [5.74, 6) is 0. The Hall–Kier alpha value is -1.59. The molecule has 4 nitrogen and oxygen atoms in total. The van der Waals surface area contributed by atoms with Gasteiger partial charge in [0.15, 0.2) is 0 Å². The molecule has 0 amide bonds. The second kappa shape index (κ2) is 5.19. The van der Waals surface area contributed by atoms with Gasteiger partial charge in [-0.05, 0) is 19.2 Å². The van der Waals surface area contributed by atoms with E-state index in [-0.39, 0.29) is 0 Å². The van der Waals surface area contributed by atoms with Gasteiger partial charge in [0, 0.05) is 37.1 Å². The number of rotatable bonds is 2. The molecular formula is C14H18N4S. The minimum Gasteiger partial charge on any atom is -0.397 e. The van der Waals surface area contributed by atoms with Crippen LogP contribution in [0.4, 0.5) is 11.4 Å². The number of benzene rings is 1. The lowest BCUT2D eigenvalue weighted by molar-refractivity contribution is 0.313. The maximum Gasteiger partial charge on any atom is 0.0811 e. The fourth-order valence-electron chi connectivity index (χ4n) is 2.40. The molecule has 19 heavy (non-hydrogen) atoms. The molecule has 2 aromatic rings. The summed E-state index contributed by atoms with van der Waals surface area (Å²) in [4.78, 5) is 9.03. The first-order chi connectivity index (χ1) is 9.24. The Morgan fingerprint density at radius 2 is 2.00 bits per heavy atom. The number of piperazine rings is 1. The fourth-order valence-corrected chi connectivity index (χ4v) is 2.97. The SMILES string of the molecule is CN1CCN(c2ccc(-c3cscn3)cc2N)CC1. The number of likely N-dealkylation sites (N-methyl/N-ethyl adjacent to an activating group) is 1. The van der Waals surface area contributed by atoms with Gasteiger partial charge >= 0.3 is 0 Å². The van der Waals surface area contributed by atoms with Gasteiger partial charge in [0.1, 0.15) is 0 Å². The van der Waals surface area contributed by atoms with E-state index >= 15 is 0 Å². The maximum absolute atomic E-state index is 6.21. The zero-order valence-electron chi connectivity index (χ0n) is 11.0. The highest BCUT2D eigenvalue weighted by molar-refractivity contribution is 7.07. The minimum atomic E-state index is 0.843. The molecule has 1 aromatic heterocycles. The zero-order chi connectivity index (χ0) is 13.2. The predicted molar refractivity (Wildman–Crippen MR) is 81.7 cm³/mol. The number of anilines is 2. The van der Waals surface area contributed by atoms with Crippen LogP contribution in [0.5, 0.6) is 0 Å². The van der Waals surface area contributed by atoms with E-state index in [1.807, 2.05) is 17.0 Å². The first kappa shape index (κ1) is 12.4. The Balaban J connectivity index is 1.84. The molecule has 3 rings (SSSR count). The number of nitrogens with two attached hydrogens (primary N) is 1. The van der Waals surface area contributed by atoms with Crippen molar-refractivity contribution in [2.24, 2.45) is 0 Å². The van der Waals surface area contributed by atoms with E-state index in [4.69, 9.17) is 5.73 Å². The summed E-state index contributed by atoms with van der Waals surface area (Å²) < 4.78 is 0. The van der Waals surface area contributed by atoms with Gasteiger partial charge in [0.25, 0.3) is 0 Å². The van der Waals surface area contributed by atoms with Gasteiger partial charge in [-0.25, -0.2) is 4.98 Å². The van der Waals surface area contributed by atoms with Crippen LogP contribution in [-0.2, 0) is 0 Å². The van der Waals surface area contributed by atoms with E-state index in [2.05, 4.69) is 34.0 Å². The highest BCUT2D eigenvalue weighted by Gasteiger charge is 2.16. The molecule has 5 heteroatoms. The van der Waals surface area contributed by atoms with Crippen molar-refractivity contribution in [3.8, 4) is 11.3 Å². The van der Waals surface area contributed by atoms with E-state index in [1.165, 1.54) is 0 Å². The summed E-state index contributed by atoms with van der Waals surface area (Å²) in [7, 11) is 2.16. The topological polar surface area (TPSA) is 45.4 Å². The molecule has 0 atom stereocenters. The molecule has 1 aliphatic heterocycles. The molecule has 0 aliphatic carbocycles. The van der Waals surface area contributed by atoms with Crippen LogP contribution in [0.1, 0.15) is 0 Å². The summed E-state index contributed by atoms with van der Waals surface area (Å²) >= 11 is 1.60. The molecule has 0 radical (unpaired) electrons. The van der Waals surface area contributed by atoms with Crippen LogP contribution >= 0.6 is 11.3 Å². The molecule has 2 N–H and O–H groups in total. The van der Waals surface area contributed by atoms with Gasteiger partial charge in [-0.2, -0.15) is 0 Å². The van der Waals surface area contributed by atoms with E-state index in [9.17, 15) is 0 Å². The molecule has 0 spiro atoms. The Morgan fingerprint density at radius 1 is 1.21 bits per heavy atom. The Morgan fingerprint density at radius 3 is 2.63 bits per heavy atom. The molecule has 1 aromatic carbocycles. The second-order valence-corrected chi connectivity index (χ2v) is 5.66. The highest BCUT2D eigenvalue weighted by atomic mass is 32.1.